The first-order valence-electron chi connectivity index (χ1n) is 35.6. The molecule has 6 N–H and O–H groups in total. The average Bonchev–Trinajstić information content (AvgIpc) is 3.68. The van der Waals surface area contributed by atoms with Gasteiger partial charge in [0.15, 0.2) is 6.29 Å². The summed E-state index contributed by atoms with van der Waals surface area (Å²) in [6.07, 6.45) is 72.1. The molecule has 0 bridgehead atoms. The highest BCUT2D eigenvalue weighted by atomic mass is 16.7. The molecule has 1 amide bonds. The number of rotatable bonds is 62. The van der Waals surface area contributed by atoms with Gasteiger partial charge in [0, 0.05) is 12.8 Å². The van der Waals surface area contributed by atoms with E-state index in [1.54, 1.807) is 6.08 Å². The molecule has 7 unspecified atom stereocenters. The highest BCUT2D eigenvalue weighted by Gasteiger charge is 2.44. The third kappa shape index (κ3) is 50.4. The fourth-order valence-corrected chi connectivity index (χ4v) is 10.9. The Kier molecular flexibility index (Phi) is 58.6. The second-order valence-corrected chi connectivity index (χ2v) is 24.6. The first kappa shape index (κ1) is 79.4. The Hall–Kier alpha value is -2.64. The highest BCUT2D eigenvalue weighted by Crippen LogP contribution is 2.23. The summed E-state index contributed by atoms with van der Waals surface area (Å²) in [5.41, 5.74) is 0. The van der Waals surface area contributed by atoms with Crippen molar-refractivity contribution in [2.45, 2.75) is 371 Å². The van der Waals surface area contributed by atoms with E-state index < -0.39 is 49.5 Å². The number of hydrogen-bond donors (Lipinski definition) is 6. The second kappa shape index (κ2) is 62.0. The van der Waals surface area contributed by atoms with Crippen molar-refractivity contribution in [3.63, 3.8) is 0 Å². The van der Waals surface area contributed by atoms with Gasteiger partial charge in [-0.2, -0.15) is 0 Å². The van der Waals surface area contributed by atoms with Crippen molar-refractivity contribution in [2.75, 3.05) is 19.8 Å². The van der Waals surface area contributed by atoms with Gasteiger partial charge in [0.25, 0.3) is 0 Å². The molecule has 11 heteroatoms. The summed E-state index contributed by atoms with van der Waals surface area (Å²) < 4.78 is 16.7. The van der Waals surface area contributed by atoms with Gasteiger partial charge in [-0.25, -0.2) is 0 Å². The molecule has 1 rings (SSSR count). The molecule has 0 aromatic carbocycles. The van der Waals surface area contributed by atoms with E-state index in [4.69, 9.17) is 14.2 Å². The minimum atomic E-state index is -1.58. The molecule has 1 saturated heterocycles. The van der Waals surface area contributed by atoms with Crippen LogP contribution in [0.5, 0.6) is 0 Å². The Morgan fingerprint density at radius 1 is 0.440 bits per heavy atom. The fourth-order valence-electron chi connectivity index (χ4n) is 10.9. The van der Waals surface area contributed by atoms with Gasteiger partial charge in [0.2, 0.25) is 5.91 Å². The molecule has 490 valence electrons. The minimum Gasteiger partial charge on any atom is -0.466 e. The second-order valence-electron chi connectivity index (χ2n) is 24.6. The van der Waals surface area contributed by atoms with Crippen LogP contribution in [-0.2, 0) is 23.8 Å². The summed E-state index contributed by atoms with van der Waals surface area (Å²) in [4.78, 5) is 25.1. The van der Waals surface area contributed by atoms with Crippen LogP contribution in [0.15, 0.2) is 60.8 Å². The van der Waals surface area contributed by atoms with Crippen LogP contribution in [0.25, 0.3) is 0 Å². The standard InChI is InChI=1S/C73H133NO10/c1-3-5-7-9-11-13-15-36-39-43-47-51-55-59-66(76)65(64-83-73-72(81)71(80)70(79)67(63-75)84-73)74-68(77)60-56-52-48-44-40-37-34-32-30-28-26-24-22-20-18-17-19-21-23-25-27-29-31-33-35-38-42-46-50-54-58-62-82-69(78)61-57-53-49-45-41-16-14-12-10-8-6-4-2/h12,14,19,21,25,27,39,43,55,59,65-67,70-73,75-76,79-81H,3-11,13,15-18,20,22-24,26,28-38,40-42,44-54,56-58,60-64H2,1-2H3,(H,74,77)/b14-12-,21-19-,27-25-,43-39+,59-55+. The first-order valence-corrected chi connectivity index (χ1v) is 35.6. The van der Waals surface area contributed by atoms with Crippen molar-refractivity contribution in [1.82, 2.24) is 5.32 Å². The third-order valence-corrected chi connectivity index (χ3v) is 16.6. The summed E-state index contributed by atoms with van der Waals surface area (Å²) in [6, 6.07) is -0.828. The Balaban J connectivity index is 1.99. The van der Waals surface area contributed by atoms with E-state index in [0.29, 0.717) is 19.4 Å². The molecule has 0 aliphatic carbocycles. The van der Waals surface area contributed by atoms with Crippen LogP contribution in [0, 0.1) is 0 Å². The Bertz CT molecular complexity index is 1580. The van der Waals surface area contributed by atoms with E-state index in [-0.39, 0.29) is 18.5 Å². The van der Waals surface area contributed by atoms with Crippen molar-refractivity contribution in [3.8, 4) is 0 Å². The number of aliphatic hydroxyl groups excluding tert-OH is 5. The monoisotopic (exact) mass is 1180 g/mol. The summed E-state index contributed by atoms with van der Waals surface area (Å²) in [5, 5.41) is 54.5. The smallest absolute Gasteiger partial charge is 0.305 e. The van der Waals surface area contributed by atoms with E-state index >= 15 is 0 Å². The topological polar surface area (TPSA) is 175 Å². The van der Waals surface area contributed by atoms with Gasteiger partial charge in [-0.05, 0) is 103 Å². The van der Waals surface area contributed by atoms with Gasteiger partial charge < -0.3 is 45.1 Å². The van der Waals surface area contributed by atoms with Gasteiger partial charge in [-0.1, -0.05) is 274 Å². The lowest BCUT2D eigenvalue weighted by molar-refractivity contribution is -0.302. The van der Waals surface area contributed by atoms with Crippen LogP contribution in [0.2, 0.25) is 0 Å². The van der Waals surface area contributed by atoms with Crippen LogP contribution in [0.4, 0.5) is 0 Å². The number of aliphatic hydroxyl groups is 5. The zero-order valence-corrected chi connectivity index (χ0v) is 54.4. The lowest BCUT2D eigenvalue weighted by atomic mass is 9.99. The Labute approximate surface area is 516 Å². The molecule has 1 fully saturated rings. The summed E-state index contributed by atoms with van der Waals surface area (Å²) in [6.45, 7) is 4.31. The van der Waals surface area contributed by atoms with Crippen LogP contribution in [-0.4, -0.2) is 100 Å². The van der Waals surface area contributed by atoms with Crippen molar-refractivity contribution >= 4 is 11.9 Å². The molecule has 1 aliphatic heterocycles. The maximum Gasteiger partial charge on any atom is 0.305 e. The van der Waals surface area contributed by atoms with Gasteiger partial charge in [0.1, 0.15) is 24.4 Å². The van der Waals surface area contributed by atoms with Crippen LogP contribution in [0.1, 0.15) is 328 Å². The minimum absolute atomic E-state index is 0.00539. The third-order valence-electron chi connectivity index (χ3n) is 16.6. The zero-order chi connectivity index (χ0) is 60.9. The predicted octanol–water partition coefficient (Wildman–Crippen LogP) is 18.1. The molecular weight excluding hydrogens is 1050 g/mol. The Morgan fingerprint density at radius 3 is 1.27 bits per heavy atom. The average molecular weight is 1180 g/mol. The molecular formula is C73H133NO10. The molecule has 84 heavy (non-hydrogen) atoms. The van der Waals surface area contributed by atoms with Crippen molar-refractivity contribution < 1.29 is 49.3 Å². The van der Waals surface area contributed by atoms with E-state index in [1.165, 1.54) is 238 Å². The maximum absolute atomic E-state index is 13.1. The zero-order valence-electron chi connectivity index (χ0n) is 54.4. The lowest BCUT2D eigenvalue weighted by Crippen LogP contribution is -2.60. The Morgan fingerprint density at radius 2 is 0.810 bits per heavy atom. The molecule has 0 aromatic heterocycles. The number of nitrogens with one attached hydrogen (secondary N) is 1. The number of carbonyl (C=O) groups excluding carboxylic acids is 2. The van der Waals surface area contributed by atoms with Crippen LogP contribution >= 0.6 is 0 Å². The number of esters is 1. The van der Waals surface area contributed by atoms with E-state index in [1.807, 2.05) is 6.08 Å². The quantitative estimate of drug-likeness (QED) is 0.0195. The van der Waals surface area contributed by atoms with Crippen LogP contribution in [0.3, 0.4) is 0 Å². The predicted molar refractivity (Wildman–Crippen MR) is 352 cm³/mol. The van der Waals surface area contributed by atoms with E-state index in [0.717, 1.165) is 64.2 Å². The first-order chi connectivity index (χ1) is 41.2. The summed E-state index contributed by atoms with van der Waals surface area (Å²) in [7, 11) is 0. The van der Waals surface area contributed by atoms with Crippen LogP contribution < -0.4 is 5.32 Å². The molecule has 0 spiro atoms. The SMILES string of the molecule is CCCCC/C=C\CCCCCCCC(=O)OCCCCCCCCCCC/C=C\C/C=C\CCCCCCCCCCCCCCCCCC(=O)NC(COC1OC(CO)C(O)C(O)C1O)C(O)/C=C/CC/C=C/CCCCCCCCC. The highest BCUT2D eigenvalue weighted by molar-refractivity contribution is 5.76. The number of hydrogen-bond acceptors (Lipinski definition) is 10. The van der Waals surface area contributed by atoms with E-state index in [2.05, 4.69) is 67.8 Å². The summed E-state index contributed by atoms with van der Waals surface area (Å²) in [5.74, 6) is -0.196. The fraction of sp³-hybridized carbons (Fsp3) is 0.836. The lowest BCUT2D eigenvalue weighted by Gasteiger charge is -2.40. The van der Waals surface area contributed by atoms with Gasteiger partial charge in [-0.3, -0.25) is 9.59 Å². The molecule has 7 atom stereocenters. The molecule has 11 nitrogen and oxygen atoms in total. The van der Waals surface area contributed by atoms with Crippen molar-refractivity contribution in [2.24, 2.45) is 0 Å². The number of amides is 1. The number of allylic oxidation sites excluding steroid dienone is 9. The maximum atomic E-state index is 13.1. The summed E-state index contributed by atoms with van der Waals surface area (Å²) >= 11 is 0. The molecule has 1 heterocycles. The molecule has 0 saturated carbocycles. The van der Waals surface area contributed by atoms with E-state index in [9.17, 15) is 35.1 Å². The molecule has 0 radical (unpaired) electrons. The number of ether oxygens (including phenoxy) is 3. The number of carbonyl (C=O) groups is 2. The largest absolute Gasteiger partial charge is 0.466 e. The van der Waals surface area contributed by atoms with Gasteiger partial charge >= 0.3 is 5.97 Å². The van der Waals surface area contributed by atoms with Gasteiger partial charge in [0.05, 0.1) is 32.0 Å². The normalized spacial score (nSPS) is 18.4. The molecule has 1 aliphatic rings. The number of unbranched alkanes of at least 4 members (excludes halogenated alkanes) is 40. The van der Waals surface area contributed by atoms with Crippen molar-refractivity contribution in [1.29, 1.82) is 0 Å². The van der Waals surface area contributed by atoms with Gasteiger partial charge in [-0.15, -0.1) is 0 Å². The molecule has 0 aromatic rings. The van der Waals surface area contributed by atoms with Crippen molar-refractivity contribution in [3.05, 3.63) is 60.8 Å².